The fraction of sp³-hybridized carbons (Fsp3) is 0.611. The highest BCUT2D eigenvalue weighted by Crippen LogP contribution is 2.33. The Labute approximate surface area is 147 Å². The summed E-state index contributed by atoms with van der Waals surface area (Å²) in [6, 6.07) is 8.91. The minimum absolute atomic E-state index is 0.272. The molecule has 0 saturated carbocycles. The first-order valence-electron chi connectivity index (χ1n) is 8.44. The Balaban J connectivity index is 1.73. The molecule has 25 heavy (non-hydrogen) atoms. The van der Waals surface area contributed by atoms with E-state index in [0.717, 1.165) is 5.56 Å². The second-order valence-electron chi connectivity index (χ2n) is 6.85. The Morgan fingerprint density at radius 2 is 2.08 bits per heavy atom. The molecule has 1 amide bonds. The molecule has 7 nitrogen and oxygen atoms in total. The number of carbonyl (C=O) groups excluding carboxylic acids is 1. The number of benzene rings is 1. The third kappa shape index (κ3) is 4.37. The summed E-state index contributed by atoms with van der Waals surface area (Å²) in [7, 11) is 0. The molecule has 0 spiro atoms. The van der Waals surface area contributed by atoms with Gasteiger partial charge in [-0.15, -0.1) is 0 Å². The van der Waals surface area contributed by atoms with Crippen LogP contribution in [0.1, 0.15) is 26.3 Å². The van der Waals surface area contributed by atoms with E-state index in [0.29, 0.717) is 6.61 Å². The molecule has 3 rings (SSSR count). The zero-order valence-electron chi connectivity index (χ0n) is 14.7. The van der Waals surface area contributed by atoms with Gasteiger partial charge in [0.2, 0.25) is 5.91 Å². The minimum atomic E-state index is -0.966. The van der Waals surface area contributed by atoms with Gasteiger partial charge in [-0.2, -0.15) is 0 Å². The lowest BCUT2D eigenvalue weighted by Crippen LogP contribution is -2.68. The second-order valence-corrected chi connectivity index (χ2v) is 6.85. The van der Waals surface area contributed by atoms with E-state index in [1.165, 1.54) is 6.92 Å². The van der Waals surface area contributed by atoms with Gasteiger partial charge in [-0.1, -0.05) is 30.3 Å². The van der Waals surface area contributed by atoms with Crippen LogP contribution in [0.25, 0.3) is 0 Å². The maximum atomic E-state index is 11.6. The van der Waals surface area contributed by atoms with Gasteiger partial charge in [-0.3, -0.25) is 4.79 Å². The number of aliphatic hydroxyl groups is 1. The van der Waals surface area contributed by atoms with Crippen molar-refractivity contribution in [1.82, 2.24) is 5.32 Å². The quantitative estimate of drug-likeness (QED) is 0.840. The van der Waals surface area contributed by atoms with E-state index in [-0.39, 0.29) is 12.5 Å². The summed E-state index contributed by atoms with van der Waals surface area (Å²) >= 11 is 0. The van der Waals surface area contributed by atoms with E-state index >= 15 is 0 Å². The van der Waals surface area contributed by atoms with Crippen LogP contribution in [0.5, 0.6) is 0 Å². The summed E-state index contributed by atoms with van der Waals surface area (Å²) < 4.78 is 23.2. The van der Waals surface area contributed by atoms with E-state index in [1.807, 2.05) is 30.3 Å². The Morgan fingerprint density at radius 1 is 1.36 bits per heavy atom. The van der Waals surface area contributed by atoms with Crippen molar-refractivity contribution in [1.29, 1.82) is 0 Å². The van der Waals surface area contributed by atoms with Gasteiger partial charge in [0.05, 0.1) is 13.2 Å². The van der Waals surface area contributed by atoms with Crippen LogP contribution in [0.4, 0.5) is 0 Å². The lowest BCUT2D eigenvalue weighted by molar-refractivity contribution is -0.369. The molecule has 2 fully saturated rings. The summed E-state index contributed by atoms with van der Waals surface area (Å²) in [5.74, 6) is -1.09. The third-order valence-corrected chi connectivity index (χ3v) is 4.32. The van der Waals surface area contributed by atoms with Crippen LogP contribution in [-0.2, 0) is 30.3 Å². The highest BCUT2D eigenvalue weighted by molar-refractivity contribution is 5.73. The summed E-state index contributed by atoms with van der Waals surface area (Å²) in [5.41, 5.74) is 0.974. The molecule has 0 aliphatic carbocycles. The number of nitrogens with one attached hydrogen (secondary N) is 1. The molecule has 0 unspecified atom stereocenters. The highest BCUT2D eigenvalue weighted by atomic mass is 16.8. The summed E-state index contributed by atoms with van der Waals surface area (Å²) in [6.45, 7) is 5.54. The number of fused-ring (bicyclic) bond motifs is 1. The molecule has 1 aromatic carbocycles. The minimum Gasteiger partial charge on any atom is -0.388 e. The SMILES string of the molecule is CC(=O)N[C@H]1[C@@H](OCc2ccccc2)O[C@H]2COC(C)(C)O[C@H]2[C@@H]1O. The van der Waals surface area contributed by atoms with Gasteiger partial charge in [0.25, 0.3) is 0 Å². The molecule has 0 aromatic heterocycles. The predicted octanol–water partition coefficient (Wildman–Crippen LogP) is 0.945. The first kappa shape index (κ1) is 18.3. The van der Waals surface area contributed by atoms with Crippen molar-refractivity contribution in [2.75, 3.05) is 6.61 Å². The molecule has 1 aromatic rings. The molecule has 2 aliphatic rings. The molecule has 0 radical (unpaired) electrons. The number of aliphatic hydroxyl groups excluding tert-OH is 1. The van der Waals surface area contributed by atoms with Gasteiger partial charge in [-0.05, 0) is 19.4 Å². The van der Waals surface area contributed by atoms with Crippen LogP contribution in [-0.4, -0.2) is 54.1 Å². The molecular formula is C18H25NO6. The maximum absolute atomic E-state index is 11.6. The van der Waals surface area contributed by atoms with Gasteiger partial charge in [0.1, 0.15) is 24.4 Å². The van der Waals surface area contributed by atoms with Crippen molar-refractivity contribution in [3.8, 4) is 0 Å². The van der Waals surface area contributed by atoms with Gasteiger partial charge in [-0.25, -0.2) is 0 Å². The van der Waals surface area contributed by atoms with Crippen LogP contribution in [0.2, 0.25) is 0 Å². The van der Waals surface area contributed by atoms with Crippen LogP contribution in [0.15, 0.2) is 30.3 Å². The molecule has 7 heteroatoms. The average Bonchev–Trinajstić information content (AvgIpc) is 2.57. The van der Waals surface area contributed by atoms with Crippen LogP contribution >= 0.6 is 0 Å². The Bertz CT molecular complexity index is 592. The van der Waals surface area contributed by atoms with Crippen molar-refractivity contribution in [2.24, 2.45) is 0 Å². The molecule has 138 valence electrons. The zero-order chi connectivity index (χ0) is 18.0. The smallest absolute Gasteiger partial charge is 0.217 e. The lowest BCUT2D eigenvalue weighted by atomic mass is 9.95. The second kappa shape index (κ2) is 7.39. The van der Waals surface area contributed by atoms with Crippen LogP contribution < -0.4 is 5.32 Å². The highest BCUT2D eigenvalue weighted by Gasteiger charge is 2.51. The standard InChI is InChI=1S/C18H25NO6/c1-11(20)19-14-15(21)16-13(10-23-18(2,3)25-16)24-17(14)22-9-12-7-5-4-6-8-12/h4-8,13-17,21H,9-10H2,1-3H3,(H,19,20)/t13-,14+,15+,16+,17-/m0/s1. The van der Waals surface area contributed by atoms with Crippen molar-refractivity contribution in [3.05, 3.63) is 35.9 Å². The predicted molar refractivity (Wildman–Crippen MR) is 88.4 cm³/mol. The Hall–Kier alpha value is -1.51. The van der Waals surface area contributed by atoms with E-state index < -0.39 is 36.4 Å². The fourth-order valence-corrected chi connectivity index (χ4v) is 3.13. The number of hydrogen-bond acceptors (Lipinski definition) is 6. The number of amides is 1. The number of carbonyl (C=O) groups is 1. The van der Waals surface area contributed by atoms with E-state index in [2.05, 4.69) is 5.32 Å². The largest absolute Gasteiger partial charge is 0.388 e. The average molecular weight is 351 g/mol. The van der Waals surface area contributed by atoms with Crippen molar-refractivity contribution >= 4 is 5.91 Å². The van der Waals surface area contributed by atoms with Gasteiger partial charge in [0, 0.05) is 6.92 Å². The molecule has 2 N–H and O–H groups in total. The topological polar surface area (TPSA) is 86.3 Å². The number of ether oxygens (including phenoxy) is 4. The monoisotopic (exact) mass is 351 g/mol. The summed E-state index contributed by atoms with van der Waals surface area (Å²) in [5, 5.41) is 13.5. The first-order chi connectivity index (χ1) is 11.9. The molecule has 5 atom stereocenters. The third-order valence-electron chi connectivity index (χ3n) is 4.32. The van der Waals surface area contributed by atoms with E-state index in [9.17, 15) is 9.90 Å². The maximum Gasteiger partial charge on any atom is 0.217 e. The molecule has 2 saturated heterocycles. The van der Waals surface area contributed by atoms with Crippen molar-refractivity contribution < 1.29 is 28.8 Å². The molecular weight excluding hydrogens is 326 g/mol. The van der Waals surface area contributed by atoms with Crippen molar-refractivity contribution in [2.45, 2.75) is 63.8 Å². The van der Waals surface area contributed by atoms with E-state index in [1.54, 1.807) is 13.8 Å². The lowest BCUT2D eigenvalue weighted by Gasteiger charge is -2.49. The van der Waals surface area contributed by atoms with Crippen LogP contribution in [0, 0.1) is 0 Å². The molecule has 0 bridgehead atoms. The van der Waals surface area contributed by atoms with Crippen molar-refractivity contribution in [3.63, 3.8) is 0 Å². The van der Waals surface area contributed by atoms with Gasteiger partial charge < -0.3 is 29.4 Å². The van der Waals surface area contributed by atoms with Gasteiger partial charge in [0.15, 0.2) is 12.1 Å². The Kier molecular flexibility index (Phi) is 5.41. The molecule has 2 aliphatic heterocycles. The first-order valence-corrected chi connectivity index (χ1v) is 8.44. The normalized spacial score (nSPS) is 34.2. The zero-order valence-corrected chi connectivity index (χ0v) is 14.7. The summed E-state index contributed by atoms with van der Waals surface area (Å²) in [6.07, 6.45) is -2.83. The Morgan fingerprint density at radius 3 is 2.76 bits per heavy atom. The van der Waals surface area contributed by atoms with Gasteiger partial charge >= 0.3 is 0 Å². The number of hydrogen-bond donors (Lipinski definition) is 2. The number of rotatable bonds is 4. The molecule has 2 heterocycles. The van der Waals surface area contributed by atoms with Crippen LogP contribution in [0.3, 0.4) is 0 Å². The van der Waals surface area contributed by atoms with E-state index in [4.69, 9.17) is 18.9 Å². The summed E-state index contributed by atoms with van der Waals surface area (Å²) in [4.78, 5) is 11.6. The fourth-order valence-electron chi connectivity index (χ4n) is 3.13.